The first-order chi connectivity index (χ1) is 8.97. The van der Waals surface area contributed by atoms with Gasteiger partial charge in [0.1, 0.15) is 11.3 Å². The number of aromatic hydroxyl groups is 1. The normalized spacial score (nSPS) is 10.2. The summed E-state index contributed by atoms with van der Waals surface area (Å²) in [4.78, 5) is 26.2. The second kappa shape index (κ2) is 4.97. The monoisotopic (exact) mass is 258 g/mol. The summed E-state index contributed by atoms with van der Waals surface area (Å²) >= 11 is 0. The van der Waals surface area contributed by atoms with Crippen LogP contribution in [0.3, 0.4) is 0 Å². The number of carbonyl (C=O) groups excluding carboxylic acids is 1. The molecule has 0 fully saturated rings. The van der Waals surface area contributed by atoms with Crippen LogP contribution < -0.4 is 10.9 Å². The lowest BCUT2D eigenvalue weighted by Gasteiger charge is -2.06. The van der Waals surface area contributed by atoms with E-state index in [2.05, 4.69) is 10.3 Å². The number of phenols is 1. The highest BCUT2D eigenvalue weighted by Crippen LogP contribution is 2.20. The fourth-order valence-corrected chi connectivity index (χ4v) is 1.68. The van der Waals surface area contributed by atoms with E-state index in [1.807, 2.05) is 0 Å². The third-order valence-corrected chi connectivity index (χ3v) is 2.75. The number of hydrogen-bond acceptors (Lipinski definition) is 3. The van der Waals surface area contributed by atoms with E-state index in [0.717, 1.165) is 0 Å². The average molecular weight is 258 g/mol. The lowest BCUT2D eigenvalue weighted by molar-refractivity contribution is 0.102. The van der Waals surface area contributed by atoms with Gasteiger partial charge in [0.25, 0.3) is 11.5 Å². The minimum atomic E-state index is -0.480. The van der Waals surface area contributed by atoms with E-state index < -0.39 is 11.5 Å². The summed E-state index contributed by atoms with van der Waals surface area (Å²) in [6.45, 7) is 3.47. The molecule has 5 nitrogen and oxygen atoms in total. The standard InChI is InChI=1S/C14H14N2O3/c1-8-7-10(4-6-12(8)17)16-14(19)11-5-3-9(2)15-13(11)18/h3-7,17H,1-2H3,(H,15,18)(H,16,19). The maximum atomic E-state index is 11.9. The van der Waals surface area contributed by atoms with Gasteiger partial charge in [-0.15, -0.1) is 0 Å². The molecule has 0 bridgehead atoms. The molecule has 1 aromatic carbocycles. The van der Waals surface area contributed by atoms with Crippen LogP contribution in [0, 0.1) is 13.8 Å². The minimum Gasteiger partial charge on any atom is -0.508 e. The molecule has 2 aromatic rings. The van der Waals surface area contributed by atoms with E-state index in [1.165, 1.54) is 12.1 Å². The van der Waals surface area contributed by atoms with Crippen molar-refractivity contribution in [1.29, 1.82) is 0 Å². The van der Waals surface area contributed by atoms with Gasteiger partial charge in [-0.25, -0.2) is 0 Å². The van der Waals surface area contributed by atoms with Gasteiger partial charge in [0.15, 0.2) is 0 Å². The molecule has 98 valence electrons. The molecule has 2 rings (SSSR count). The Balaban J connectivity index is 2.25. The van der Waals surface area contributed by atoms with Crippen molar-refractivity contribution in [3.63, 3.8) is 0 Å². The highest BCUT2D eigenvalue weighted by atomic mass is 16.3. The Kier molecular flexibility index (Phi) is 3.37. The molecule has 1 amide bonds. The van der Waals surface area contributed by atoms with E-state index in [0.29, 0.717) is 16.9 Å². The Labute approximate surface area is 109 Å². The van der Waals surface area contributed by atoms with Crippen LogP contribution in [0.1, 0.15) is 21.6 Å². The van der Waals surface area contributed by atoms with Crippen LogP contribution in [0.25, 0.3) is 0 Å². The fourth-order valence-electron chi connectivity index (χ4n) is 1.68. The molecule has 0 aliphatic heterocycles. The molecule has 0 radical (unpaired) electrons. The van der Waals surface area contributed by atoms with Crippen molar-refractivity contribution in [2.24, 2.45) is 0 Å². The summed E-state index contributed by atoms with van der Waals surface area (Å²) in [6.07, 6.45) is 0. The number of hydrogen-bond donors (Lipinski definition) is 3. The van der Waals surface area contributed by atoms with Gasteiger partial charge < -0.3 is 15.4 Å². The van der Waals surface area contributed by atoms with Crippen LogP contribution in [0.2, 0.25) is 0 Å². The van der Waals surface area contributed by atoms with Crippen molar-refractivity contribution in [2.45, 2.75) is 13.8 Å². The molecule has 0 saturated heterocycles. The third-order valence-electron chi connectivity index (χ3n) is 2.75. The zero-order valence-electron chi connectivity index (χ0n) is 10.7. The maximum absolute atomic E-state index is 11.9. The van der Waals surface area contributed by atoms with Gasteiger partial charge in [-0.05, 0) is 49.7 Å². The summed E-state index contributed by atoms with van der Waals surface area (Å²) in [5.41, 5.74) is 1.50. The van der Waals surface area contributed by atoms with Crippen LogP contribution in [-0.4, -0.2) is 16.0 Å². The van der Waals surface area contributed by atoms with Gasteiger partial charge >= 0.3 is 0 Å². The number of H-pyrrole nitrogens is 1. The van der Waals surface area contributed by atoms with E-state index in [-0.39, 0.29) is 11.3 Å². The van der Waals surface area contributed by atoms with E-state index in [9.17, 15) is 14.7 Å². The molecule has 0 spiro atoms. The number of anilines is 1. The van der Waals surface area contributed by atoms with Crippen LogP contribution in [0.15, 0.2) is 35.1 Å². The first-order valence-electron chi connectivity index (χ1n) is 5.78. The average Bonchev–Trinajstić information content (AvgIpc) is 2.33. The molecule has 19 heavy (non-hydrogen) atoms. The van der Waals surface area contributed by atoms with Crippen LogP contribution in [-0.2, 0) is 0 Å². The van der Waals surface area contributed by atoms with Crippen LogP contribution >= 0.6 is 0 Å². The number of aromatic nitrogens is 1. The Morgan fingerprint density at radius 1 is 1.21 bits per heavy atom. The number of carbonyl (C=O) groups is 1. The first kappa shape index (κ1) is 12.9. The topological polar surface area (TPSA) is 82.2 Å². The quantitative estimate of drug-likeness (QED) is 0.720. The molecule has 1 aromatic heterocycles. The molecular weight excluding hydrogens is 244 g/mol. The second-order valence-corrected chi connectivity index (χ2v) is 4.34. The summed E-state index contributed by atoms with van der Waals surface area (Å²) < 4.78 is 0. The largest absolute Gasteiger partial charge is 0.508 e. The third kappa shape index (κ3) is 2.82. The van der Waals surface area contributed by atoms with Crippen molar-refractivity contribution in [3.05, 3.63) is 57.5 Å². The van der Waals surface area contributed by atoms with E-state index >= 15 is 0 Å². The van der Waals surface area contributed by atoms with Gasteiger partial charge in [-0.3, -0.25) is 9.59 Å². The predicted octanol–water partition coefficient (Wildman–Crippen LogP) is 1.95. The van der Waals surface area contributed by atoms with Gasteiger partial charge in [0.05, 0.1) is 0 Å². The fraction of sp³-hybridized carbons (Fsp3) is 0.143. The van der Waals surface area contributed by atoms with Gasteiger partial charge in [0, 0.05) is 11.4 Å². The van der Waals surface area contributed by atoms with Gasteiger partial charge in [0.2, 0.25) is 0 Å². The molecular formula is C14H14N2O3. The molecule has 0 atom stereocenters. The zero-order chi connectivity index (χ0) is 14.0. The molecule has 0 aliphatic rings. The molecule has 0 aliphatic carbocycles. The maximum Gasteiger partial charge on any atom is 0.261 e. The van der Waals surface area contributed by atoms with E-state index in [1.54, 1.807) is 32.0 Å². The molecule has 3 N–H and O–H groups in total. The predicted molar refractivity (Wildman–Crippen MR) is 72.6 cm³/mol. The highest BCUT2D eigenvalue weighted by Gasteiger charge is 2.11. The van der Waals surface area contributed by atoms with Gasteiger partial charge in [-0.2, -0.15) is 0 Å². The van der Waals surface area contributed by atoms with Gasteiger partial charge in [-0.1, -0.05) is 0 Å². The number of nitrogens with one attached hydrogen (secondary N) is 2. The Morgan fingerprint density at radius 3 is 2.58 bits per heavy atom. The summed E-state index contributed by atoms with van der Waals surface area (Å²) in [6, 6.07) is 7.84. The number of pyridine rings is 1. The van der Waals surface area contributed by atoms with Crippen molar-refractivity contribution < 1.29 is 9.90 Å². The Morgan fingerprint density at radius 2 is 1.95 bits per heavy atom. The van der Waals surface area contributed by atoms with Crippen molar-refractivity contribution >= 4 is 11.6 Å². The smallest absolute Gasteiger partial charge is 0.261 e. The SMILES string of the molecule is Cc1ccc(C(=O)Nc2ccc(O)c(C)c2)c(=O)[nH]1. The number of phenolic OH excluding ortho intramolecular Hbond substituents is 1. The first-order valence-corrected chi connectivity index (χ1v) is 5.78. The van der Waals surface area contributed by atoms with Crippen LogP contribution in [0.5, 0.6) is 5.75 Å². The number of amides is 1. The number of aryl methyl sites for hydroxylation is 2. The molecule has 1 heterocycles. The number of aromatic amines is 1. The molecule has 0 saturated carbocycles. The summed E-state index contributed by atoms with van der Waals surface area (Å²) in [7, 11) is 0. The second-order valence-electron chi connectivity index (χ2n) is 4.34. The number of benzene rings is 1. The molecule has 0 unspecified atom stereocenters. The lowest BCUT2D eigenvalue weighted by atomic mass is 10.2. The van der Waals surface area contributed by atoms with Crippen molar-refractivity contribution in [2.75, 3.05) is 5.32 Å². The summed E-state index contributed by atoms with van der Waals surface area (Å²) in [5, 5.41) is 12.0. The zero-order valence-corrected chi connectivity index (χ0v) is 10.7. The Bertz CT molecular complexity index is 689. The molecule has 5 heteroatoms. The minimum absolute atomic E-state index is 0.0522. The van der Waals surface area contributed by atoms with E-state index in [4.69, 9.17) is 0 Å². The van der Waals surface area contributed by atoms with Crippen molar-refractivity contribution in [3.8, 4) is 5.75 Å². The lowest BCUT2D eigenvalue weighted by Crippen LogP contribution is -2.23. The highest BCUT2D eigenvalue weighted by molar-refractivity contribution is 6.04. The Hall–Kier alpha value is -2.56. The summed E-state index contributed by atoms with van der Waals surface area (Å²) in [5.74, 6) is -0.322. The van der Waals surface area contributed by atoms with Crippen LogP contribution in [0.4, 0.5) is 5.69 Å². The van der Waals surface area contributed by atoms with Crippen molar-refractivity contribution in [1.82, 2.24) is 4.98 Å². The number of rotatable bonds is 2.